The lowest BCUT2D eigenvalue weighted by Gasteiger charge is -2.33. The molecule has 0 aromatic carbocycles. The molecule has 19 heavy (non-hydrogen) atoms. The summed E-state index contributed by atoms with van der Waals surface area (Å²) in [4.78, 5) is 24.1. The zero-order valence-electron chi connectivity index (χ0n) is 10.4. The Bertz CT molecular complexity index is 408. The van der Waals surface area contributed by atoms with E-state index in [1.807, 2.05) is 0 Å². The molecule has 5 nitrogen and oxygen atoms in total. The van der Waals surface area contributed by atoms with E-state index in [2.05, 4.69) is 4.74 Å². The smallest absolute Gasteiger partial charge is 0.428 e. The van der Waals surface area contributed by atoms with Crippen molar-refractivity contribution in [3.8, 4) is 0 Å². The average Bonchev–Trinajstić information content (AvgIpc) is 3.03. The lowest BCUT2D eigenvalue weighted by atomic mass is 10.1. The van der Waals surface area contributed by atoms with Gasteiger partial charge in [0.25, 0.3) is 5.91 Å². The fourth-order valence-electron chi connectivity index (χ4n) is 2.38. The number of hydrogen-bond acceptors (Lipinski definition) is 4. The zero-order chi connectivity index (χ0) is 14.4. The van der Waals surface area contributed by atoms with E-state index < -0.39 is 23.8 Å². The van der Waals surface area contributed by atoms with Crippen LogP contribution in [0.25, 0.3) is 0 Å². The van der Waals surface area contributed by atoms with Crippen LogP contribution >= 0.6 is 0 Å². The highest BCUT2D eigenvalue weighted by Crippen LogP contribution is 2.45. The van der Waals surface area contributed by atoms with Gasteiger partial charge in [0, 0.05) is 13.1 Å². The average molecular weight is 280 g/mol. The number of carbonyl (C=O) groups is 2. The SMILES string of the molecule is C[C@@](N)(OC(=O)C(F)(F)F)C(=O)N1CC[C@H]2C[C@H]2C1. The Kier molecular flexibility index (Phi) is 3.24. The van der Waals surface area contributed by atoms with Crippen LogP contribution in [0.2, 0.25) is 0 Å². The van der Waals surface area contributed by atoms with Crippen molar-refractivity contribution in [3.63, 3.8) is 0 Å². The number of piperidine rings is 1. The molecule has 3 atom stereocenters. The third kappa shape index (κ3) is 2.99. The van der Waals surface area contributed by atoms with Crippen molar-refractivity contribution in [2.24, 2.45) is 17.6 Å². The maximum atomic E-state index is 12.1. The molecule has 0 radical (unpaired) electrons. The van der Waals surface area contributed by atoms with Crippen molar-refractivity contribution in [2.45, 2.75) is 31.7 Å². The van der Waals surface area contributed by atoms with Gasteiger partial charge >= 0.3 is 12.1 Å². The number of nitrogens with zero attached hydrogens (tertiary/aromatic N) is 1. The van der Waals surface area contributed by atoms with Crippen LogP contribution in [-0.4, -0.2) is 41.8 Å². The van der Waals surface area contributed by atoms with Gasteiger partial charge in [-0.25, -0.2) is 4.79 Å². The molecule has 2 aliphatic rings. The van der Waals surface area contributed by atoms with E-state index >= 15 is 0 Å². The Morgan fingerprint density at radius 2 is 1.95 bits per heavy atom. The summed E-state index contributed by atoms with van der Waals surface area (Å²) in [5, 5.41) is 0. The number of esters is 1. The molecule has 1 heterocycles. The molecule has 2 N–H and O–H groups in total. The summed E-state index contributed by atoms with van der Waals surface area (Å²) in [6.07, 6.45) is -3.31. The number of nitrogens with two attached hydrogens (primary N) is 1. The highest BCUT2D eigenvalue weighted by Gasteiger charge is 2.49. The van der Waals surface area contributed by atoms with Crippen LogP contribution in [0.3, 0.4) is 0 Å². The molecule has 8 heteroatoms. The first-order chi connectivity index (χ1) is 8.61. The highest BCUT2D eigenvalue weighted by molar-refractivity contribution is 5.88. The Labute approximate surface area is 107 Å². The van der Waals surface area contributed by atoms with Gasteiger partial charge in [0.1, 0.15) is 0 Å². The van der Waals surface area contributed by atoms with Crippen LogP contribution in [0.5, 0.6) is 0 Å². The molecule has 1 saturated carbocycles. The summed E-state index contributed by atoms with van der Waals surface area (Å²) in [5.41, 5.74) is 3.13. The van der Waals surface area contributed by atoms with E-state index in [9.17, 15) is 22.8 Å². The molecule has 0 unspecified atom stereocenters. The summed E-state index contributed by atoms with van der Waals surface area (Å²) in [5.74, 6) is -2.21. The van der Waals surface area contributed by atoms with Crippen molar-refractivity contribution < 1.29 is 27.5 Å². The molecule has 2 rings (SSSR count). The van der Waals surface area contributed by atoms with Crippen molar-refractivity contribution in [1.82, 2.24) is 4.90 Å². The molecular weight excluding hydrogens is 265 g/mol. The molecule has 1 aliphatic heterocycles. The van der Waals surface area contributed by atoms with E-state index in [4.69, 9.17) is 5.73 Å². The summed E-state index contributed by atoms with van der Waals surface area (Å²) in [6.45, 7) is 1.88. The number of ether oxygens (including phenoxy) is 1. The van der Waals surface area contributed by atoms with Crippen molar-refractivity contribution in [3.05, 3.63) is 0 Å². The van der Waals surface area contributed by atoms with Crippen LogP contribution < -0.4 is 5.73 Å². The normalized spacial score (nSPS) is 29.2. The molecule has 0 bridgehead atoms. The van der Waals surface area contributed by atoms with Gasteiger partial charge in [-0.2, -0.15) is 13.2 Å². The molecule has 1 amide bonds. The monoisotopic (exact) mass is 280 g/mol. The van der Waals surface area contributed by atoms with Crippen LogP contribution in [0, 0.1) is 11.8 Å². The minimum atomic E-state index is -5.16. The van der Waals surface area contributed by atoms with E-state index in [1.165, 1.54) is 4.90 Å². The topological polar surface area (TPSA) is 72.6 Å². The summed E-state index contributed by atoms with van der Waals surface area (Å²) >= 11 is 0. The first-order valence-corrected chi connectivity index (χ1v) is 5.99. The number of hydrogen-bond donors (Lipinski definition) is 1. The van der Waals surface area contributed by atoms with Gasteiger partial charge in [0.15, 0.2) is 0 Å². The number of alkyl halides is 3. The van der Waals surface area contributed by atoms with Gasteiger partial charge in [0.05, 0.1) is 0 Å². The second-order valence-corrected chi connectivity index (χ2v) is 5.29. The summed E-state index contributed by atoms with van der Waals surface area (Å²) < 4.78 is 40.4. The molecule has 0 spiro atoms. The first kappa shape index (κ1) is 14.1. The van der Waals surface area contributed by atoms with Crippen molar-refractivity contribution in [1.29, 1.82) is 0 Å². The van der Waals surface area contributed by atoms with Gasteiger partial charge in [-0.3, -0.25) is 10.5 Å². The molecule has 0 aromatic heterocycles. The summed E-state index contributed by atoms with van der Waals surface area (Å²) in [6, 6.07) is 0. The minimum absolute atomic E-state index is 0.409. The van der Waals surface area contributed by atoms with Gasteiger partial charge in [-0.05, 0) is 31.6 Å². The molecular formula is C11H15F3N2O3. The maximum absolute atomic E-state index is 12.1. The Morgan fingerprint density at radius 3 is 2.47 bits per heavy atom. The largest absolute Gasteiger partial charge is 0.491 e. The standard InChI is InChI=1S/C11H15F3N2O3/c1-10(15,19-9(18)11(12,13)14)8(17)16-3-2-6-4-7(6)5-16/h6-7H,2-5,15H2,1H3/t6-,7-,10+/m0/s1. The van der Waals surface area contributed by atoms with E-state index in [1.54, 1.807) is 0 Å². The molecule has 1 saturated heterocycles. The molecule has 1 aliphatic carbocycles. The number of likely N-dealkylation sites (tertiary alicyclic amines) is 1. The zero-order valence-corrected chi connectivity index (χ0v) is 10.4. The van der Waals surface area contributed by atoms with E-state index in [-0.39, 0.29) is 0 Å². The fourth-order valence-corrected chi connectivity index (χ4v) is 2.38. The molecule has 108 valence electrons. The van der Waals surface area contributed by atoms with Crippen LogP contribution in [0.1, 0.15) is 19.8 Å². The Hall–Kier alpha value is -1.31. The third-order valence-electron chi connectivity index (χ3n) is 3.54. The van der Waals surface area contributed by atoms with E-state index in [0.29, 0.717) is 24.9 Å². The minimum Gasteiger partial charge on any atom is -0.428 e. The lowest BCUT2D eigenvalue weighted by molar-refractivity contribution is -0.214. The third-order valence-corrected chi connectivity index (χ3v) is 3.54. The number of amides is 1. The lowest BCUT2D eigenvalue weighted by Crippen LogP contribution is -2.58. The number of carbonyl (C=O) groups excluding carboxylic acids is 2. The van der Waals surface area contributed by atoms with Crippen molar-refractivity contribution in [2.75, 3.05) is 13.1 Å². The van der Waals surface area contributed by atoms with Gasteiger partial charge in [-0.15, -0.1) is 0 Å². The van der Waals surface area contributed by atoms with Crippen LogP contribution in [0.4, 0.5) is 13.2 Å². The second kappa shape index (κ2) is 4.36. The molecule has 2 fully saturated rings. The fraction of sp³-hybridized carbons (Fsp3) is 0.818. The second-order valence-electron chi connectivity index (χ2n) is 5.29. The van der Waals surface area contributed by atoms with Crippen LogP contribution in [-0.2, 0) is 14.3 Å². The maximum Gasteiger partial charge on any atom is 0.491 e. The van der Waals surface area contributed by atoms with Gasteiger partial charge < -0.3 is 9.64 Å². The van der Waals surface area contributed by atoms with Crippen LogP contribution in [0.15, 0.2) is 0 Å². The predicted octanol–water partition coefficient (Wildman–Crippen LogP) is 0.635. The predicted molar refractivity (Wildman–Crippen MR) is 57.5 cm³/mol. The van der Waals surface area contributed by atoms with E-state index in [0.717, 1.165) is 19.8 Å². The summed E-state index contributed by atoms with van der Waals surface area (Å²) in [7, 11) is 0. The first-order valence-electron chi connectivity index (χ1n) is 5.99. The van der Waals surface area contributed by atoms with Gasteiger partial charge in [0.2, 0.25) is 5.72 Å². The number of fused-ring (bicyclic) bond motifs is 1. The Morgan fingerprint density at radius 1 is 1.32 bits per heavy atom. The Balaban J connectivity index is 1.98. The van der Waals surface area contributed by atoms with Crippen molar-refractivity contribution >= 4 is 11.9 Å². The van der Waals surface area contributed by atoms with Gasteiger partial charge in [-0.1, -0.05) is 0 Å². The number of halogens is 3. The quantitative estimate of drug-likeness (QED) is 0.595. The highest BCUT2D eigenvalue weighted by atomic mass is 19.4. The molecule has 0 aromatic rings. The number of rotatable bonds is 2.